The van der Waals surface area contributed by atoms with Crippen molar-refractivity contribution in [3.8, 4) is 0 Å². The van der Waals surface area contributed by atoms with Crippen molar-refractivity contribution in [2.45, 2.75) is 39.2 Å². The van der Waals surface area contributed by atoms with E-state index in [1.807, 2.05) is 11.7 Å². The van der Waals surface area contributed by atoms with Crippen molar-refractivity contribution in [3.05, 3.63) is 17.8 Å². The third-order valence-corrected chi connectivity index (χ3v) is 5.02. The zero-order valence-electron chi connectivity index (χ0n) is 16.0. The number of likely N-dealkylation sites (N-methyl/N-ethyl adjacent to an activating group) is 2. The number of aryl methyl sites for hydroxylation is 1. The second-order valence-electron chi connectivity index (χ2n) is 7.10. The molecule has 6 heteroatoms. The fourth-order valence-electron chi connectivity index (χ4n) is 3.57. The van der Waals surface area contributed by atoms with Crippen molar-refractivity contribution >= 4 is 16.9 Å². The Morgan fingerprint density at radius 3 is 2.64 bits per heavy atom. The SMILES string of the molecule is CCNCCN(C)Cc1nn(C)c2nc(N3CCCCCC3)ccc12. The molecule has 0 atom stereocenters. The van der Waals surface area contributed by atoms with Gasteiger partial charge >= 0.3 is 0 Å². The summed E-state index contributed by atoms with van der Waals surface area (Å²) in [5.41, 5.74) is 2.11. The summed E-state index contributed by atoms with van der Waals surface area (Å²) >= 11 is 0. The summed E-state index contributed by atoms with van der Waals surface area (Å²) in [4.78, 5) is 9.68. The summed E-state index contributed by atoms with van der Waals surface area (Å²) in [5, 5.41) is 9.28. The Morgan fingerprint density at radius 2 is 1.92 bits per heavy atom. The number of nitrogens with one attached hydrogen (secondary N) is 1. The number of hydrogen-bond donors (Lipinski definition) is 1. The second-order valence-corrected chi connectivity index (χ2v) is 7.10. The molecule has 25 heavy (non-hydrogen) atoms. The molecule has 0 saturated carbocycles. The molecule has 0 bridgehead atoms. The number of hydrogen-bond acceptors (Lipinski definition) is 5. The van der Waals surface area contributed by atoms with Gasteiger partial charge in [-0.3, -0.25) is 9.58 Å². The van der Waals surface area contributed by atoms with Crippen LogP contribution in [0.4, 0.5) is 5.82 Å². The van der Waals surface area contributed by atoms with Gasteiger partial charge in [-0.2, -0.15) is 5.10 Å². The molecule has 1 aliphatic heterocycles. The maximum absolute atomic E-state index is 4.94. The van der Waals surface area contributed by atoms with Gasteiger partial charge in [0, 0.05) is 45.2 Å². The molecule has 0 radical (unpaired) electrons. The lowest BCUT2D eigenvalue weighted by atomic mass is 10.2. The van der Waals surface area contributed by atoms with Crippen LogP contribution in [0.2, 0.25) is 0 Å². The van der Waals surface area contributed by atoms with E-state index in [1.54, 1.807) is 0 Å². The zero-order valence-corrected chi connectivity index (χ0v) is 16.0. The minimum absolute atomic E-state index is 0.855. The van der Waals surface area contributed by atoms with Crippen LogP contribution in [-0.4, -0.2) is 59.4 Å². The van der Waals surface area contributed by atoms with Crippen LogP contribution in [0.15, 0.2) is 12.1 Å². The average molecular weight is 345 g/mol. The van der Waals surface area contributed by atoms with Crippen LogP contribution in [0.5, 0.6) is 0 Å². The molecule has 1 saturated heterocycles. The van der Waals surface area contributed by atoms with Gasteiger partial charge in [-0.05, 0) is 38.6 Å². The molecule has 3 heterocycles. The van der Waals surface area contributed by atoms with Crippen LogP contribution in [0, 0.1) is 0 Å². The number of fused-ring (bicyclic) bond motifs is 1. The molecule has 2 aromatic rings. The van der Waals surface area contributed by atoms with Crippen molar-refractivity contribution in [1.29, 1.82) is 0 Å². The molecule has 0 amide bonds. The molecule has 0 spiro atoms. The Bertz CT molecular complexity index is 672. The Kier molecular flexibility index (Phi) is 6.26. The maximum Gasteiger partial charge on any atom is 0.160 e. The first kappa shape index (κ1) is 18.1. The molecule has 1 fully saturated rings. The highest BCUT2D eigenvalue weighted by atomic mass is 15.3. The molecule has 138 valence electrons. The van der Waals surface area contributed by atoms with Gasteiger partial charge in [0.1, 0.15) is 5.82 Å². The van der Waals surface area contributed by atoms with E-state index in [0.717, 1.165) is 56.4 Å². The summed E-state index contributed by atoms with van der Waals surface area (Å²) < 4.78 is 1.93. The smallest absolute Gasteiger partial charge is 0.160 e. The number of anilines is 1. The summed E-state index contributed by atoms with van der Waals surface area (Å²) in [5.74, 6) is 1.10. The van der Waals surface area contributed by atoms with Gasteiger partial charge < -0.3 is 10.2 Å². The minimum atomic E-state index is 0.855. The zero-order chi connectivity index (χ0) is 17.6. The Balaban J connectivity index is 1.76. The van der Waals surface area contributed by atoms with Crippen LogP contribution < -0.4 is 10.2 Å². The van der Waals surface area contributed by atoms with E-state index >= 15 is 0 Å². The van der Waals surface area contributed by atoms with Crippen molar-refractivity contribution in [2.75, 3.05) is 44.7 Å². The minimum Gasteiger partial charge on any atom is -0.357 e. The maximum atomic E-state index is 4.94. The van der Waals surface area contributed by atoms with E-state index in [0.29, 0.717) is 0 Å². The average Bonchev–Trinajstić information content (AvgIpc) is 2.80. The summed E-state index contributed by atoms with van der Waals surface area (Å²) in [6.07, 6.45) is 5.22. The number of nitrogens with zero attached hydrogens (tertiary/aromatic N) is 5. The lowest BCUT2D eigenvalue weighted by Gasteiger charge is -2.21. The number of aromatic nitrogens is 3. The predicted octanol–water partition coefficient (Wildman–Crippen LogP) is 2.39. The Hall–Kier alpha value is -1.66. The predicted molar refractivity (Wildman–Crippen MR) is 104 cm³/mol. The third-order valence-electron chi connectivity index (χ3n) is 5.02. The van der Waals surface area contributed by atoms with Crippen LogP contribution in [-0.2, 0) is 13.6 Å². The van der Waals surface area contributed by atoms with Crippen LogP contribution in [0.25, 0.3) is 11.0 Å². The first-order valence-corrected chi connectivity index (χ1v) is 9.66. The molecule has 1 N–H and O–H groups in total. The quantitative estimate of drug-likeness (QED) is 0.782. The molecular formula is C19H32N6. The molecule has 3 rings (SSSR count). The topological polar surface area (TPSA) is 49.2 Å². The monoisotopic (exact) mass is 344 g/mol. The van der Waals surface area contributed by atoms with E-state index in [9.17, 15) is 0 Å². The molecule has 6 nitrogen and oxygen atoms in total. The highest BCUT2D eigenvalue weighted by molar-refractivity contribution is 5.80. The van der Waals surface area contributed by atoms with Crippen molar-refractivity contribution < 1.29 is 0 Å². The van der Waals surface area contributed by atoms with Crippen molar-refractivity contribution in [3.63, 3.8) is 0 Å². The molecule has 0 aromatic carbocycles. The van der Waals surface area contributed by atoms with Gasteiger partial charge in [-0.25, -0.2) is 4.98 Å². The fourth-order valence-corrected chi connectivity index (χ4v) is 3.57. The molecule has 2 aromatic heterocycles. The molecule has 0 unspecified atom stereocenters. The van der Waals surface area contributed by atoms with Gasteiger partial charge in [0.15, 0.2) is 5.65 Å². The molecule has 0 aliphatic carbocycles. The van der Waals surface area contributed by atoms with Crippen LogP contribution >= 0.6 is 0 Å². The van der Waals surface area contributed by atoms with Gasteiger partial charge in [0.05, 0.1) is 5.69 Å². The van der Waals surface area contributed by atoms with Crippen molar-refractivity contribution in [2.24, 2.45) is 7.05 Å². The first-order chi connectivity index (χ1) is 12.2. The summed E-state index contributed by atoms with van der Waals surface area (Å²) in [7, 11) is 4.15. The Labute approximate surface area is 151 Å². The van der Waals surface area contributed by atoms with E-state index in [2.05, 4.69) is 41.2 Å². The highest BCUT2D eigenvalue weighted by Crippen LogP contribution is 2.23. The largest absolute Gasteiger partial charge is 0.357 e. The number of rotatable bonds is 7. The lowest BCUT2D eigenvalue weighted by molar-refractivity contribution is 0.322. The molecule has 1 aliphatic rings. The summed E-state index contributed by atoms with van der Waals surface area (Å²) in [6.45, 7) is 8.28. The third kappa shape index (κ3) is 4.50. The summed E-state index contributed by atoms with van der Waals surface area (Å²) in [6, 6.07) is 4.39. The van der Waals surface area contributed by atoms with E-state index in [4.69, 9.17) is 10.1 Å². The van der Waals surface area contributed by atoms with Gasteiger partial charge in [0.25, 0.3) is 0 Å². The second kappa shape index (κ2) is 8.63. The van der Waals surface area contributed by atoms with Crippen LogP contribution in [0.3, 0.4) is 0 Å². The van der Waals surface area contributed by atoms with E-state index < -0.39 is 0 Å². The van der Waals surface area contributed by atoms with Crippen LogP contribution in [0.1, 0.15) is 38.3 Å². The van der Waals surface area contributed by atoms with Gasteiger partial charge in [0.2, 0.25) is 0 Å². The molecular weight excluding hydrogens is 312 g/mol. The van der Waals surface area contributed by atoms with Gasteiger partial charge in [-0.15, -0.1) is 0 Å². The Morgan fingerprint density at radius 1 is 1.16 bits per heavy atom. The normalized spacial score (nSPS) is 15.9. The number of pyridine rings is 1. The standard InChI is InChI=1S/C19H32N6/c1-4-20-11-14-23(2)15-17-16-9-10-18(21-19(16)24(3)22-17)25-12-7-5-6-8-13-25/h9-10,20H,4-8,11-15H2,1-3H3. The van der Waals surface area contributed by atoms with E-state index in [-0.39, 0.29) is 0 Å². The lowest BCUT2D eigenvalue weighted by Crippen LogP contribution is -2.29. The fraction of sp³-hybridized carbons (Fsp3) is 0.684. The highest BCUT2D eigenvalue weighted by Gasteiger charge is 2.16. The first-order valence-electron chi connectivity index (χ1n) is 9.66. The van der Waals surface area contributed by atoms with Crippen molar-refractivity contribution in [1.82, 2.24) is 25.0 Å². The van der Waals surface area contributed by atoms with Gasteiger partial charge in [-0.1, -0.05) is 19.8 Å². The van der Waals surface area contributed by atoms with E-state index in [1.165, 1.54) is 31.1 Å².